The second-order valence-corrected chi connectivity index (χ2v) is 8.65. The molecule has 10 nitrogen and oxygen atoms in total. The molecule has 3 aromatic rings. The lowest BCUT2D eigenvalue weighted by molar-refractivity contribution is -0.122. The van der Waals surface area contributed by atoms with Gasteiger partial charge in [0.15, 0.2) is 5.69 Å². The Morgan fingerprint density at radius 2 is 1.89 bits per heavy atom. The van der Waals surface area contributed by atoms with Gasteiger partial charge in [0.05, 0.1) is 5.52 Å². The fraction of sp³-hybridized carbons (Fsp3) is 0.333. The van der Waals surface area contributed by atoms with Crippen LogP contribution in [0.1, 0.15) is 28.9 Å². The molecule has 3 aliphatic rings. The van der Waals surface area contributed by atoms with Crippen LogP contribution in [-0.2, 0) is 11.3 Å². The van der Waals surface area contributed by atoms with E-state index in [1.807, 2.05) is 4.90 Å². The summed E-state index contributed by atoms with van der Waals surface area (Å²) in [6.07, 6.45) is 2.14. The minimum Gasteiger partial charge on any atom is -0.483 e. The number of amides is 3. The largest absolute Gasteiger partial charge is 0.483 e. The van der Waals surface area contributed by atoms with E-state index in [1.54, 1.807) is 30.3 Å². The third-order valence-corrected chi connectivity index (χ3v) is 6.45. The van der Waals surface area contributed by atoms with Crippen molar-refractivity contribution in [3.8, 4) is 0 Å². The van der Waals surface area contributed by atoms with Crippen LogP contribution in [0.3, 0.4) is 0 Å². The lowest BCUT2D eigenvalue weighted by Crippen LogP contribution is -2.62. The summed E-state index contributed by atoms with van der Waals surface area (Å²) >= 11 is 0. The lowest BCUT2D eigenvalue weighted by Gasteiger charge is -2.50. The van der Waals surface area contributed by atoms with E-state index in [9.17, 15) is 14.0 Å². The minimum atomic E-state index is -0.388. The molecule has 3 amide bonds. The van der Waals surface area contributed by atoms with Crippen molar-refractivity contribution in [2.75, 3.05) is 25.5 Å². The number of hydrogen-bond donors (Lipinski definition) is 4. The molecule has 3 saturated heterocycles. The second-order valence-electron chi connectivity index (χ2n) is 8.65. The molecule has 2 aromatic carbocycles. The number of likely N-dealkylation sites (N-methyl/N-ethyl adjacent to an activating group) is 1. The molecule has 184 valence electrons. The van der Waals surface area contributed by atoms with Gasteiger partial charge >= 0.3 is 6.03 Å². The molecule has 1 aromatic heterocycles. The topological polar surface area (TPSA) is 131 Å². The Morgan fingerprint density at radius 1 is 1.17 bits per heavy atom. The molecule has 35 heavy (non-hydrogen) atoms. The van der Waals surface area contributed by atoms with Crippen molar-refractivity contribution in [3.05, 3.63) is 59.5 Å². The van der Waals surface area contributed by atoms with Crippen molar-refractivity contribution in [1.29, 1.82) is 0 Å². The molecule has 6 rings (SSSR count). The van der Waals surface area contributed by atoms with Crippen LogP contribution in [-0.4, -0.2) is 75.7 Å². The van der Waals surface area contributed by atoms with Crippen LogP contribution in [0, 0.1) is 5.82 Å². The summed E-state index contributed by atoms with van der Waals surface area (Å²) in [5.41, 5.74) is 2.47. The maximum atomic E-state index is 13.3. The van der Waals surface area contributed by atoms with Gasteiger partial charge in [-0.2, -0.15) is 5.10 Å². The number of piperazine rings is 1. The molecule has 3 aliphatic heterocycles. The molecule has 0 radical (unpaired) electrons. The average molecular weight is 483 g/mol. The van der Waals surface area contributed by atoms with Crippen LogP contribution in [0.2, 0.25) is 0 Å². The molecular formula is C24H27FN6O4. The van der Waals surface area contributed by atoms with Crippen molar-refractivity contribution in [2.45, 2.75) is 31.5 Å². The number of anilines is 1. The number of halogens is 1. The minimum absolute atomic E-state index is 0.0723. The molecule has 0 aliphatic carbocycles. The lowest BCUT2D eigenvalue weighted by atomic mass is 9.91. The second kappa shape index (κ2) is 10.5. The highest BCUT2D eigenvalue weighted by atomic mass is 19.1. The normalized spacial score (nSPS) is 19.1. The van der Waals surface area contributed by atoms with Gasteiger partial charge in [-0.3, -0.25) is 19.6 Å². The Balaban J connectivity index is 0.000000917. The third kappa shape index (κ3) is 5.40. The van der Waals surface area contributed by atoms with Gasteiger partial charge in [0, 0.05) is 42.8 Å². The first-order chi connectivity index (χ1) is 16.9. The Bertz CT molecular complexity index is 1210. The molecular weight excluding hydrogens is 455 g/mol. The van der Waals surface area contributed by atoms with Crippen LogP contribution < -0.4 is 10.6 Å². The molecule has 0 spiro atoms. The van der Waals surface area contributed by atoms with E-state index in [-0.39, 0.29) is 36.8 Å². The number of piperidine rings is 2. The highest BCUT2D eigenvalue weighted by molar-refractivity contribution is 6.06. The highest BCUT2D eigenvalue weighted by Gasteiger charge is 2.40. The molecule has 2 unspecified atom stereocenters. The molecule has 2 atom stereocenters. The maximum Gasteiger partial charge on any atom is 0.319 e. The first kappa shape index (κ1) is 24.1. The summed E-state index contributed by atoms with van der Waals surface area (Å²) in [4.78, 5) is 38.2. The van der Waals surface area contributed by atoms with Crippen molar-refractivity contribution >= 4 is 35.0 Å². The van der Waals surface area contributed by atoms with E-state index in [0.29, 0.717) is 22.8 Å². The van der Waals surface area contributed by atoms with E-state index in [4.69, 9.17) is 9.90 Å². The van der Waals surface area contributed by atoms with Crippen molar-refractivity contribution < 1.29 is 23.9 Å². The van der Waals surface area contributed by atoms with Gasteiger partial charge in [0.2, 0.25) is 0 Å². The van der Waals surface area contributed by atoms with Crippen LogP contribution in [0.25, 0.3) is 10.9 Å². The van der Waals surface area contributed by atoms with Gasteiger partial charge in [0.1, 0.15) is 5.82 Å². The monoisotopic (exact) mass is 482 g/mol. The number of nitrogens with one attached hydrogen (secondary N) is 3. The molecule has 4 N–H and O–H groups in total. The summed E-state index contributed by atoms with van der Waals surface area (Å²) in [5.74, 6) is -0.390. The fourth-order valence-electron chi connectivity index (χ4n) is 4.64. The third-order valence-electron chi connectivity index (χ3n) is 6.45. The number of nitrogens with zero attached hydrogens (tertiary/aromatic N) is 3. The standard InChI is InChI=1S/C23H25FN6O2.CH2O2/c1-29-12-18-8-7-17(29)13-30(18)22(31)21-19-10-16(6-9-20(19)27-28-21)26-23(32)25-11-14-2-4-15(24)5-3-14;2-1-3/h2-6,9-10,17-18H,7-8,11-13H2,1H3,(H,27,28)(H2,25,26,32);1H,(H,2,3). The van der Waals surface area contributed by atoms with E-state index in [2.05, 4.69) is 32.8 Å². The fourth-order valence-corrected chi connectivity index (χ4v) is 4.64. The number of fused-ring (bicyclic) bond motifs is 4. The number of aromatic amines is 1. The van der Waals surface area contributed by atoms with E-state index < -0.39 is 0 Å². The van der Waals surface area contributed by atoms with Gasteiger partial charge in [-0.15, -0.1) is 0 Å². The number of hydrogen-bond acceptors (Lipinski definition) is 5. The zero-order valence-electron chi connectivity index (χ0n) is 19.2. The zero-order chi connectivity index (χ0) is 24.9. The van der Waals surface area contributed by atoms with Crippen LogP contribution in [0.15, 0.2) is 42.5 Å². The number of aromatic nitrogens is 2. The summed E-state index contributed by atoms with van der Waals surface area (Å²) in [7, 11) is 2.11. The Labute approximate surface area is 201 Å². The quantitative estimate of drug-likeness (QED) is 0.423. The number of benzene rings is 2. The first-order valence-corrected chi connectivity index (χ1v) is 11.3. The molecule has 0 saturated carbocycles. The van der Waals surface area contributed by atoms with Gasteiger partial charge in [-0.05, 0) is 55.8 Å². The van der Waals surface area contributed by atoms with Crippen LogP contribution in [0.4, 0.5) is 14.9 Å². The summed E-state index contributed by atoms with van der Waals surface area (Å²) < 4.78 is 13.0. The van der Waals surface area contributed by atoms with E-state index in [1.165, 1.54) is 12.1 Å². The number of carbonyl (C=O) groups excluding carboxylic acids is 2. The van der Waals surface area contributed by atoms with Crippen LogP contribution in [0.5, 0.6) is 0 Å². The van der Waals surface area contributed by atoms with Gasteiger partial charge in [-0.1, -0.05) is 12.1 Å². The molecule has 11 heteroatoms. The van der Waals surface area contributed by atoms with E-state index >= 15 is 0 Å². The van der Waals surface area contributed by atoms with Crippen molar-refractivity contribution in [1.82, 2.24) is 25.3 Å². The smallest absolute Gasteiger partial charge is 0.319 e. The summed E-state index contributed by atoms with van der Waals surface area (Å²) in [6.45, 7) is 1.63. The van der Waals surface area contributed by atoms with Crippen molar-refractivity contribution in [3.63, 3.8) is 0 Å². The Kier molecular flexibility index (Phi) is 7.25. The van der Waals surface area contributed by atoms with E-state index in [0.717, 1.165) is 37.0 Å². The van der Waals surface area contributed by atoms with Crippen LogP contribution >= 0.6 is 0 Å². The predicted octanol–water partition coefficient (Wildman–Crippen LogP) is 2.64. The van der Waals surface area contributed by atoms with Gasteiger partial charge in [-0.25, -0.2) is 9.18 Å². The number of H-pyrrole nitrogens is 1. The summed E-state index contributed by atoms with van der Waals surface area (Å²) in [5, 5.41) is 20.3. The zero-order valence-corrected chi connectivity index (χ0v) is 19.2. The number of urea groups is 1. The average Bonchev–Trinajstić information content (AvgIpc) is 3.27. The maximum absolute atomic E-state index is 13.3. The summed E-state index contributed by atoms with van der Waals surface area (Å²) in [6, 6.07) is 11.5. The number of rotatable bonds is 4. The predicted molar refractivity (Wildman–Crippen MR) is 128 cm³/mol. The van der Waals surface area contributed by atoms with Gasteiger partial charge < -0.3 is 20.6 Å². The number of carboxylic acid groups (broad SMARTS) is 1. The van der Waals surface area contributed by atoms with Gasteiger partial charge in [0.25, 0.3) is 12.4 Å². The number of carbonyl (C=O) groups is 3. The Morgan fingerprint density at radius 3 is 2.54 bits per heavy atom. The molecule has 2 bridgehead atoms. The SMILES string of the molecule is CN1CC2CCC1CN2C(=O)c1n[nH]c2ccc(NC(=O)NCc3ccc(F)cc3)cc12.O=CO. The Hall–Kier alpha value is -3.99. The molecule has 4 heterocycles. The van der Waals surface area contributed by atoms with Crippen molar-refractivity contribution in [2.24, 2.45) is 0 Å². The highest BCUT2D eigenvalue weighted by Crippen LogP contribution is 2.30. The first-order valence-electron chi connectivity index (χ1n) is 11.3. The molecule has 3 fully saturated rings.